The van der Waals surface area contributed by atoms with Crippen molar-refractivity contribution in [2.45, 2.75) is 19.4 Å². The number of carbonyl (C=O) groups excluding carboxylic acids is 1. The van der Waals surface area contributed by atoms with E-state index in [0.717, 1.165) is 13.1 Å². The van der Waals surface area contributed by atoms with Crippen LogP contribution in [0, 0.1) is 11.7 Å². The number of nitrogens with one attached hydrogen (secondary N) is 1. The molecule has 0 aliphatic carbocycles. The highest BCUT2D eigenvalue weighted by Gasteiger charge is 2.18. The molecule has 2 rings (SSSR count). The summed E-state index contributed by atoms with van der Waals surface area (Å²) in [5, 5.41) is 12.8. The molecule has 1 aromatic rings. The van der Waals surface area contributed by atoms with Crippen LogP contribution in [0.4, 0.5) is 4.39 Å². The maximum Gasteiger partial charge on any atom is 0.223 e. The average molecular weight is 324 g/mol. The Morgan fingerprint density at radius 2 is 2.09 bits per heavy atom. The van der Waals surface area contributed by atoms with Crippen molar-refractivity contribution in [3.63, 3.8) is 0 Å². The second-order valence-corrected chi connectivity index (χ2v) is 6.01. The fourth-order valence-corrected chi connectivity index (χ4v) is 2.63. The highest BCUT2D eigenvalue weighted by molar-refractivity contribution is 5.78. The minimum Gasteiger partial charge on any atom is -0.390 e. The molecular weight excluding hydrogens is 299 g/mol. The number of β-amino-alcohol motifs (C(OH)–C–C–N with tert-alkyl or cyclic N) is 1. The van der Waals surface area contributed by atoms with Gasteiger partial charge in [-0.1, -0.05) is 25.1 Å². The van der Waals surface area contributed by atoms with E-state index >= 15 is 0 Å². The zero-order valence-electron chi connectivity index (χ0n) is 13.5. The van der Waals surface area contributed by atoms with Gasteiger partial charge in [0, 0.05) is 32.1 Å². The fraction of sp³-hybridized carbons (Fsp3) is 0.588. The lowest BCUT2D eigenvalue weighted by Crippen LogP contribution is -2.45. The first kappa shape index (κ1) is 17.8. The van der Waals surface area contributed by atoms with Crippen LogP contribution in [0.5, 0.6) is 0 Å². The predicted molar refractivity (Wildman–Crippen MR) is 85.5 cm³/mol. The molecule has 1 aliphatic heterocycles. The van der Waals surface area contributed by atoms with Crippen LogP contribution in [-0.2, 0) is 16.0 Å². The molecule has 2 atom stereocenters. The van der Waals surface area contributed by atoms with E-state index in [4.69, 9.17) is 4.74 Å². The number of halogens is 1. The zero-order valence-corrected chi connectivity index (χ0v) is 13.5. The van der Waals surface area contributed by atoms with Crippen LogP contribution >= 0.6 is 0 Å². The SMILES string of the molecule is CC(Cc1ccccc1F)C(=O)NCC(O)CN1CCOCC1. The van der Waals surface area contributed by atoms with Crippen molar-refractivity contribution in [2.75, 3.05) is 39.4 Å². The van der Waals surface area contributed by atoms with Gasteiger partial charge in [0.25, 0.3) is 0 Å². The average Bonchev–Trinajstić information content (AvgIpc) is 2.55. The van der Waals surface area contributed by atoms with E-state index in [1.54, 1.807) is 25.1 Å². The van der Waals surface area contributed by atoms with Gasteiger partial charge in [0.1, 0.15) is 5.82 Å². The van der Waals surface area contributed by atoms with Gasteiger partial charge >= 0.3 is 0 Å². The van der Waals surface area contributed by atoms with E-state index in [9.17, 15) is 14.3 Å². The van der Waals surface area contributed by atoms with Crippen molar-refractivity contribution < 1.29 is 19.0 Å². The van der Waals surface area contributed by atoms with Crippen molar-refractivity contribution >= 4 is 5.91 Å². The number of nitrogens with zero attached hydrogens (tertiary/aromatic N) is 1. The number of hydrogen-bond acceptors (Lipinski definition) is 4. The van der Waals surface area contributed by atoms with Gasteiger partial charge in [-0.25, -0.2) is 4.39 Å². The van der Waals surface area contributed by atoms with Gasteiger partial charge in [0.15, 0.2) is 0 Å². The smallest absolute Gasteiger partial charge is 0.223 e. The molecule has 2 N–H and O–H groups in total. The molecule has 23 heavy (non-hydrogen) atoms. The third kappa shape index (κ3) is 5.89. The van der Waals surface area contributed by atoms with Gasteiger partial charge in [-0.05, 0) is 18.1 Å². The largest absolute Gasteiger partial charge is 0.390 e. The first-order chi connectivity index (χ1) is 11.1. The van der Waals surface area contributed by atoms with Crippen LogP contribution in [0.15, 0.2) is 24.3 Å². The summed E-state index contributed by atoms with van der Waals surface area (Å²) >= 11 is 0. The summed E-state index contributed by atoms with van der Waals surface area (Å²) in [7, 11) is 0. The molecule has 6 heteroatoms. The van der Waals surface area contributed by atoms with Crippen LogP contribution in [0.2, 0.25) is 0 Å². The predicted octanol–water partition coefficient (Wildman–Crippen LogP) is 0.814. The zero-order chi connectivity index (χ0) is 16.7. The number of aliphatic hydroxyl groups is 1. The van der Waals surface area contributed by atoms with Gasteiger partial charge in [-0.2, -0.15) is 0 Å². The standard InChI is InChI=1S/C17H25FN2O3/c1-13(10-14-4-2-3-5-16(14)18)17(22)19-11-15(21)12-20-6-8-23-9-7-20/h2-5,13,15,21H,6-12H2,1H3,(H,19,22). The summed E-state index contributed by atoms with van der Waals surface area (Å²) in [6.45, 7) is 5.44. The molecule has 128 valence electrons. The molecule has 1 aliphatic rings. The monoisotopic (exact) mass is 324 g/mol. The first-order valence-electron chi connectivity index (χ1n) is 8.05. The van der Waals surface area contributed by atoms with E-state index in [-0.39, 0.29) is 24.2 Å². The molecule has 0 spiro atoms. The van der Waals surface area contributed by atoms with E-state index in [1.165, 1.54) is 6.07 Å². The molecule has 1 heterocycles. The minimum absolute atomic E-state index is 0.172. The van der Waals surface area contributed by atoms with E-state index < -0.39 is 6.10 Å². The van der Waals surface area contributed by atoms with Gasteiger partial charge in [0.2, 0.25) is 5.91 Å². The number of carbonyl (C=O) groups is 1. The Kier molecular flexibility index (Phi) is 6.95. The van der Waals surface area contributed by atoms with Crippen molar-refractivity contribution in [3.05, 3.63) is 35.6 Å². The number of amides is 1. The first-order valence-corrected chi connectivity index (χ1v) is 8.05. The molecule has 1 amide bonds. The Labute approximate surface area is 136 Å². The molecule has 1 fully saturated rings. The van der Waals surface area contributed by atoms with E-state index in [1.807, 2.05) is 0 Å². The van der Waals surface area contributed by atoms with E-state index in [2.05, 4.69) is 10.2 Å². The number of morpholine rings is 1. The van der Waals surface area contributed by atoms with Crippen LogP contribution in [0.1, 0.15) is 12.5 Å². The summed E-state index contributed by atoms with van der Waals surface area (Å²) in [4.78, 5) is 14.2. The Morgan fingerprint density at radius 1 is 1.39 bits per heavy atom. The third-order valence-corrected chi connectivity index (χ3v) is 4.02. The van der Waals surface area contributed by atoms with Crippen LogP contribution in [-0.4, -0.2) is 61.4 Å². The van der Waals surface area contributed by atoms with Gasteiger partial charge in [0.05, 0.1) is 19.3 Å². The quantitative estimate of drug-likeness (QED) is 0.779. The second-order valence-electron chi connectivity index (χ2n) is 6.01. The lowest BCUT2D eigenvalue weighted by molar-refractivity contribution is -0.125. The lowest BCUT2D eigenvalue weighted by Gasteiger charge is -2.28. The molecule has 0 radical (unpaired) electrons. The summed E-state index contributed by atoms with van der Waals surface area (Å²) in [5.41, 5.74) is 0.531. The number of hydrogen-bond donors (Lipinski definition) is 2. The van der Waals surface area contributed by atoms with Crippen molar-refractivity contribution in [1.29, 1.82) is 0 Å². The summed E-state index contributed by atoms with van der Waals surface area (Å²) in [6.07, 6.45) is -0.268. The topological polar surface area (TPSA) is 61.8 Å². The molecular formula is C17H25FN2O3. The number of ether oxygens (including phenoxy) is 1. The Hall–Kier alpha value is -1.50. The normalized spacial score (nSPS) is 18.4. The summed E-state index contributed by atoms with van der Waals surface area (Å²) in [6, 6.07) is 6.47. The van der Waals surface area contributed by atoms with Crippen molar-refractivity contribution in [3.8, 4) is 0 Å². The molecule has 1 saturated heterocycles. The maximum atomic E-state index is 13.6. The number of benzene rings is 1. The van der Waals surface area contributed by atoms with Crippen molar-refractivity contribution in [1.82, 2.24) is 10.2 Å². The highest BCUT2D eigenvalue weighted by Crippen LogP contribution is 2.12. The number of rotatable bonds is 7. The molecule has 2 unspecified atom stereocenters. The van der Waals surface area contributed by atoms with E-state index in [0.29, 0.717) is 31.7 Å². The van der Waals surface area contributed by atoms with Crippen LogP contribution in [0.3, 0.4) is 0 Å². The van der Waals surface area contributed by atoms with Crippen LogP contribution in [0.25, 0.3) is 0 Å². The highest BCUT2D eigenvalue weighted by atomic mass is 19.1. The molecule has 0 bridgehead atoms. The van der Waals surface area contributed by atoms with Gasteiger partial charge < -0.3 is 15.2 Å². The number of aliphatic hydroxyl groups excluding tert-OH is 1. The van der Waals surface area contributed by atoms with Gasteiger partial charge in [-0.3, -0.25) is 9.69 Å². The Morgan fingerprint density at radius 3 is 2.78 bits per heavy atom. The molecule has 0 aromatic heterocycles. The van der Waals surface area contributed by atoms with Crippen LogP contribution < -0.4 is 5.32 Å². The second kappa shape index (κ2) is 8.96. The fourth-order valence-electron chi connectivity index (χ4n) is 2.63. The third-order valence-electron chi connectivity index (χ3n) is 4.02. The van der Waals surface area contributed by atoms with Crippen molar-refractivity contribution in [2.24, 2.45) is 5.92 Å². The lowest BCUT2D eigenvalue weighted by atomic mass is 10.00. The Bertz CT molecular complexity index is 506. The summed E-state index contributed by atoms with van der Waals surface area (Å²) < 4.78 is 18.9. The molecule has 5 nitrogen and oxygen atoms in total. The Balaban J connectivity index is 1.71. The molecule has 0 saturated carbocycles. The summed E-state index contributed by atoms with van der Waals surface area (Å²) in [5.74, 6) is -0.809. The van der Waals surface area contributed by atoms with Gasteiger partial charge in [-0.15, -0.1) is 0 Å². The molecule has 1 aromatic carbocycles. The minimum atomic E-state index is -0.613. The maximum absolute atomic E-state index is 13.6.